The van der Waals surface area contributed by atoms with E-state index < -0.39 is 0 Å². The van der Waals surface area contributed by atoms with Crippen LogP contribution < -0.4 is 5.73 Å². The number of furan rings is 1. The number of hydrogen-bond acceptors (Lipinski definition) is 3. The number of rotatable bonds is 3. The fraction of sp³-hybridized carbons (Fsp3) is 0.636. The molecule has 1 unspecified atom stereocenters. The molecule has 2 heterocycles. The van der Waals surface area contributed by atoms with Gasteiger partial charge in [-0.15, -0.1) is 0 Å². The quantitative estimate of drug-likeness (QED) is 0.796. The second-order valence-corrected chi connectivity index (χ2v) is 4.00. The van der Waals surface area contributed by atoms with E-state index in [0.29, 0.717) is 12.6 Å². The number of likely N-dealkylation sites (tertiary alicyclic amines) is 1. The van der Waals surface area contributed by atoms with E-state index in [1.165, 1.54) is 37.1 Å². The predicted octanol–water partition coefficient (Wildman–Crippen LogP) is 1.68. The molecule has 14 heavy (non-hydrogen) atoms. The van der Waals surface area contributed by atoms with Gasteiger partial charge in [0.2, 0.25) is 0 Å². The molecule has 3 nitrogen and oxygen atoms in total. The van der Waals surface area contributed by atoms with Crippen molar-refractivity contribution in [2.24, 2.45) is 5.73 Å². The summed E-state index contributed by atoms with van der Waals surface area (Å²) >= 11 is 0. The maximum atomic E-state index is 5.83. The molecule has 0 radical (unpaired) electrons. The molecule has 1 aromatic heterocycles. The molecule has 1 fully saturated rings. The molecule has 0 aromatic carbocycles. The monoisotopic (exact) mass is 194 g/mol. The van der Waals surface area contributed by atoms with E-state index >= 15 is 0 Å². The highest BCUT2D eigenvalue weighted by Gasteiger charge is 2.24. The first-order valence-corrected chi connectivity index (χ1v) is 5.29. The minimum Gasteiger partial charge on any atom is -0.472 e. The second-order valence-electron chi connectivity index (χ2n) is 4.00. The maximum Gasteiger partial charge on any atom is 0.0953 e. The van der Waals surface area contributed by atoms with E-state index in [2.05, 4.69) is 11.8 Å². The van der Waals surface area contributed by atoms with Crippen molar-refractivity contribution in [3.63, 3.8) is 0 Å². The van der Waals surface area contributed by atoms with Gasteiger partial charge in [0, 0.05) is 12.1 Å². The topological polar surface area (TPSA) is 42.4 Å². The third-order valence-corrected chi connectivity index (χ3v) is 3.06. The summed E-state index contributed by atoms with van der Waals surface area (Å²) in [5.74, 6) is 0. The van der Waals surface area contributed by atoms with Crippen LogP contribution in [0.15, 0.2) is 16.9 Å². The van der Waals surface area contributed by atoms with Crippen LogP contribution in [0.4, 0.5) is 0 Å². The van der Waals surface area contributed by atoms with Gasteiger partial charge >= 0.3 is 0 Å². The van der Waals surface area contributed by atoms with Crippen LogP contribution >= 0.6 is 0 Å². The molecule has 78 valence electrons. The van der Waals surface area contributed by atoms with Gasteiger partial charge in [-0.2, -0.15) is 0 Å². The Labute approximate surface area is 84.9 Å². The van der Waals surface area contributed by atoms with Gasteiger partial charge in [0.25, 0.3) is 0 Å². The minimum absolute atomic E-state index is 0.358. The zero-order valence-electron chi connectivity index (χ0n) is 8.70. The average Bonchev–Trinajstić information content (AvgIpc) is 2.80. The lowest BCUT2D eigenvalue weighted by molar-refractivity contribution is 0.249. The van der Waals surface area contributed by atoms with Crippen molar-refractivity contribution < 1.29 is 4.42 Å². The molecular formula is C11H18N2O. The Morgan fingerprint density at radius 3 is 2.64 bits per heavy atom. The zero-order chi connectivity index (χ0) is 9.97. The first-order chi connectivity index (χ1) is 6.83. The van der Waals surface area contributed by atoms with Gasteiger partial charge in [-0.25, -0.2) is 0 Å². The number of hydrogen-bond donors (Lipinski definition) is 1. The molecule has 3 heteroatoms. The predicted molar refractivity (Wildman–Crippen MR) is 56.0 cm³/mol. The Morgan fingerprint density at radius 1 is 1.43 bits per heavy atom. The van der Waals surface area contributed by atoms with Crippen molar-refractivity contribution >= 4 is 0 Å². The Kier molecular flexibility index (Phi) is 2.89. The van der Waals surface area contributed by atoms with Crippen LogP contribution in [0.1, 0.15) is 30.0 Å². The van der Waals surface area contributed by atoms with Gasteiger partial charge in [0.15, 0.2) is 0 Å². The standard InChI is InChI=1S/C11H18N2O/c1-9-7-14-8-10(9)11(6-12)13-4-2-3-5-13/h7-8,11H,2-6,12H2,1H3. The lowest BCUT2D eigenvalue weighted by atomic mass is 10.1. The van der Waals surface area contributed by atoms with Crippen LogP contribution in [-0.2, 0) is 0 Å². The fourth-order valence-corrected chi connectivity index (χ4v) is 2.24. The molecule has 0 aliphatic carbocycles. The lowest BCUT2D eigenvalue weighted by Gasteiger charge is -2.25. The molecule has 0 saturated carbocycles. The van der Waals surface area contributed by atoms with Crippen LogP contribution in [0.5, 0.6) is 0 Å². The van der Waals surface area contributed by atoms with Gasteiger partial charge in [-0.1, -0.05) is 0 Å². The third kappa shape index (κ3) is 1.70. The normalized spacial score (nSPS) is 20.1. The molecule has 0 amide bonds. The van der Waals surface area contributed by atoms with E-state index in [0.717, 1.165) is 0 Å². The van der Waals surface area contributed by atoms with Gasteiger partial charge in [0.1, 0.15) is 0 Å². The molecular weight excluding hydrogens is 176 g/mol. The smallest absolute Gasteiger partial charge is 0.0953 e. The highest BCUT2D eigenvalue weighted by molar-refractivity contribution is 5.23. The summed E-state index contributed by atoms with van der Waals surface area (Å²) in [5.41, 5.74) is 8.30. The van der Waals surface area contributed by atoms with Crippen molar-refractivity contribution in [2.75, 3.05) is 19.6 Å². The second kappa shape index (κ2) is 4.15. The van der Waals surface area contributed by atoms with Crippen LogP contribution in [0.25, 0.3) is 0 Å². The first-order valence-electron chi connectivity index (χ1n) is 5.29. The van der Waals surface area contributed by atoms with Crippen LogP contribution in [0, 0.1) is 6.92 Å². The Morgan fingerprint density at radius 2 is 2.14 bits per heavy atom. The largest absolute Gasteiger partial charge is 0.472 e. The fourth-order valence-electron chi connectivity index (χ4n) is 2.24. The summed E-state index contributed by atoms with van der Waals surface area (Å²) in [6.07, 6.45) is 6.24. The number of aryl methyl sites for hydroxylation is 1. The Bertz CT molecular complexity index is 289. The summed E-state index contributed by atoms with van der Waals surface area (Å²) in [5, 5.41) is 0. The molecule has 1 aliphatic rings. The van der Waals surface area contributed by atoms with E-state index in [1.807, 2.05) is 6.26 Å². The van der Waals surface area contributed by atoms with E-state index in [4.69, 9.17) is 10.2 Å². The van der Waals surface area contributed by atoms with E-state index in [9.17, 15) is 0 Å². The summed E-state index contributed by atoms with van der Waals surface area (Å²) in [6.45, 7) is 5.11. The van der Waals surface area contributed by atoms with Gasteiger partial charge < -0.3 is 10.2 Å². The Balaban J connectivity index is 2.16. The molecule has 0 spiro atoms. The van der Waals surface area contributed by atoms with Crippen LogP contribution in [-0.4, -0.2) is 24.5 Å². The SMILES string of the molecule is Cc1cocc1C(CN)N1CCCC1. The molecule has 1 aromatic rings. The van der Waals surface area contributed by atoms with Crippen molar-refractivity contribution in [2.45, 2.75) is 25.8 Å². The van der Waals surface area contributed by atoms with Gasteiger partial charge in [-0.05, 0) is 38.4 Å². The highest BCUT2D eigenvalue weighted by Crippen LogP contribution is 2.26. The molecule has 2 N–H and O–H groups in total. The molecule has 1 saturated heterocycles. The summed E-state index contributed by atoms with van der Waals surface area (Å²) in [4.78, 5) is 2.46. The van der Waals surface area contributed by atoms with Gasteiger partial charge in [0.05, 0.1) is 18.6 Å². The zero-order valence-corrected chi connectivity index (χ0v) is 8.70. The number of nitrogens with two attached hydrogens (primary N) is 1. The lowest BCUT2D eigenvalue weighted by Crippen LogP contribution is -2.31. The van der Waals surface area contributed by atoms with Crippen molar-refractivity contribution in [1.82, 2.24) is 4.90 Å². The van der Waals surface area contributed by atoms with Crippen molar-refractivity contribution in [3.8, 4) is 0 Å². The van der Waals surface area contributed by atoms with Crippen LogP contribution in [0.3, 0.4) is 0 Å². The first kappa shape index (κ1) is 9.74. The summed E-state index contributed by atoms with van der Waals surface area (Å²) in [7, 11) is 0. The van der Waals surface area contributed by atoms with Gasteiger partial charge in [-0.3, -0.25) is 4.90 Å². The molecule has 1 aliphatic heterocycles. The average molecular weight is 194 g/mol. The minimum atomic E-state index is 0.358. The Hall–Kier alpha value is -0.800. The summed E-state index contributed by atoms with van der Waals surface area (Å²) < 4.78 is 5.21. The maximum absolute atomic E-state index is 5.83. The summed E-state index contributed by atoms with van der Waals surface area (Å²) in [6, 6.07) is 0.358. The van der Waals surface area contributed by atoms with Crippen molar-refractivity contribution in [1.29, 1.82) is 0 Å². The molecule has 0 bridgehead atoms. The van der Waals surface area contributed by atoms with E-state index in [-0.39, 0.29) is 0 Å². The highest BCUT2D eigenvalue weighted by atomic mass is 16.3. The molecule has 2 rings (SSSR count). The third-order valence-electron chi connectivity index (χ3n) is 3.06. The molecule has 1 atom stereocenters. The van der Waals surface area contributed by atoms with Crippen LogP contribution in [0.2, 0.25) is 0 Å². The van der Waals surface area contributed by atoms with E-state index in [1.54, 1.807) is 6.26 Å². The van der Waals surface area contributed by atoms with Crippen molar-refractivity contribution in [3.05, 3.63) is 23.7 Å². The number of nitrogens with zero attached hydrogens (tertiary/aromatic N) is 1.